The highest BCUT2D eigenvalue weighted by Gasteiger charge is 2.33. The summed E-state index contributed by atoms with van der Waals surface area (Å²) in [4.78, 5) is 37.9. The van der Waals surface area contributed by atoms with E-state index in [2.05, 4.69) is 15.4 Å². The third kappa shape index (κ3) is 4.87. The largest absolute Gasteiger partial charge is 0.469 e. The predicted molar refractivity (Wildman–Crippen MR) is 94.2 cm³/mol. The molecular weight excluding hydrogens is 350 g/mol. The summed E-state index contributed by atoms with van der Waals surface area (Å²) in [6.45, 7) is 0.790. The van der Waals surface area contributed by atoms with Gasteiger partial charge in [0.1, 0.15) is 6.04 Å². The Morgan fingerprint density at radius 3 is 3.04 bits per heavy atom. The predicted octanol–water partition coefficient (Wildman–Crippen LogP) is 0.526. The van der Waals surface area contributed by atoms with Gasteiger partial charge in [-0.05, 0) is 29.7 Å². The molecule has 1 atom stereocenters. The van der Waals surface area contributed by atoms with Crippen LogP contribution in [0.4, 0.5) is 0 Å². The Kier molecular flexibility index (Phi) is 6.44. The number of nitrogens with zero attached hydrogens (tertiary/aromatic N) is 1. The minimum atomic E-state index is -0.791. The molecule has 1 unspecified atom stereocenters. The molecule has 2 N–H and O–H groups in total. The van der Waals surface area contributed by atoms with Crippen LogP contribution in [0.2, 0.25) is 0 Å². The Morgan fingerprint density at radius 1 is 1.58 bits per heavy atom. The van der Waals surface area contributed by atoms with Gasteiger partial charge >= 0.3 is 5.97 Å². The second-order valence-corrected chi connectivity index (χ2v) is 6.29. The van der Waals surface area contributed by atoms with Crippen LogP contribution in [0.1, 0.15) is 11.3 Å². The zero-order valence-electron chi connectivity index (χ0n) is 13.0. The molecule has 1 aliphatic rings. The lowest BCUT2D eigenvalue weighted by Gasteiger charge is -2.35. The minimum absolute atomic E-state index is 0.111. The molecule has 7 nitrogen and oxygen atoms in total. The quantitative estimate of drug-likeness (QED) is 0.458. The molecule has 0 aliphatic carbocycles. The first kappa shape index (κ1) is 18.1. The van der Waals surface area contributed by atoms with Crippen molar-refractivity contribution in [3.63, 3.8) is 0 Å². The average molecular weight is 367 g/mol. The first-order valence-corrected chi connectivity index (χ1v) is 8.47. The Labute approximate surface area is 148 Å². The van der Waals surface area contributed by atoms with Gasteiger partial charge in [-0.25, -0.2) is 0 Å². The van der Waals surface area contributed by atoms with Crippen LogP contribution in [-0.4, -0.2) is 54.0 Å². The number of methoxy groups -OCH3 is 1. The van der Waals surface area contributed by atoms with Gasteiger partial charge in [0.15, 0.2) is 5.11 Å². The summed E-state index contributed by atoms with van der Waals surface area (Å²) in [5.41, 5.74) is 0. The molecule has 128 valence electrons. The summed E-state index contributed by atoms with van der Waals surface area (Å²) >= 11 is 6.72. The summed E-state index contributed by atoms with van der Waals surface area (Å²) in [6.07, 6.45) is 2.91. The topological polar surface area (TPSA) is 87.7 Å². The fourth-order valence-corrected chi connectivity index (χ4v) is 3.10. The normalized spacial score (nSPS) is 17.5. The van der Waals surface area contributed by atoms with Crippen molar-refractivity contribution >= 4 is 52.5 Å². The number of thiophene rings is 1. The number of amides is 2. The lowest BCUT2D eigenvalue weighted by molar-refractivity contribution is -0.144. The zero-order valence-corrected chi connectivity index (χ0v) is 14.6. The molecule has 2 amide bonds. The molecule has 24 heavy (non-hydrogen) atoms. The van der Waals surface area contributed by atoms with E-state index in [1.54, 1.807) is 6.08 Å². The molecule has 0 bridgehead atoms. The van der Waals surface area contributed by atoms with Crippen LogP contribution in [0.25, 0.3) is 6.08 Å². The SMILES string of the molecule is COC(=O)CC1C(=O)NCCN1C(=S)NC(=O)/C=C/c1cccs1. The van der Waals surface area contributed by atoms with E-state index in [-0.39, 0.29) is 17.4 Å². The van der Waals surface area contributed by atoms with E-state index in [1.807, 2.05) is 17.5 Å². The van der Waals surface area contributed by atoms with Crippen LogP contribution in [-0.2, 0) is 19.1 Å². The highest BCUT2D eigenvalue weighted by atomic mass is 32.1. The number of hydrogen-bond acceptors (Lipinski definition) is 6. The number of carbonyl (C=O) groups is 3. The molecule has 2 heterocycles. The number of rotatable bonds is 4. The third-order valence-corrected chi connectivity index (χ3v) is 4.53. The van der Waals surface area contributed by atoms with Gasteiger partial charge in [0.05, 0.1) is 13.5 Å². The second kappa shape index (κ2) is 8.55. The van der Waals surface area contributed by atoms with Crippen LogP contribution >= 0.6 is 23.6 Å². The van der Waals surface area contributed by atoms with E-state index in [9.17, 15) is 14.4 Å². The van der Waals surface area contributed by atoms with Crippen molar-refractivity contribution in [2.45, 2.75) is 12.5 Å². The van der Waals surface area contributed by atoms with Gasteiger partial charge in [-0.2, -0.15) is 0 Å². The van der Waals surface area contributed by atoms with Crippen molar-refractivity contribution in [2.24, 2.45) is 0 Å². The minimum Gasteiger partial charge on any atom is -0.469 e. The molecule has 1 aromatic heterocycles. The smallest absolute Gasteiger partial charge is 0.308 e. The summed E-state index contributed by atoms with van der Waals surface area (Å²) in [6, 6.07) is 2.98. The number of esters is 1. The molecule has 1 aromatic rings. The standard InChI is InChI=1S/C15H17N3O4S2/c1-22-13(20)9-11-14(21)16-6-7-18(11)15(23)17-12(19)5-4-10-3-2-8-24-10/h2-5,8,11H,6-7,9H2,1H3,(H,16,21)(H,17,19,23)/b5-4+. The number of ether oxygens (including phenoxy) is 1. The van der Waals surface area contributed by atoms with Gasteiger partial charge in [-0.3, -0.25) is 19.7 Å². The maximum atomic E-state index is 12.0. The number of thiocarbonyl (C=S) groups is 1. The molecule has 1 fully saturated rings. The van der Waals surface area contributed by atoms with Crippen LogP contribution in [0, 0.1) is 0 Å². The monoisotopic (exact) mass is 367 g/mol. The highest BCUT2D eigenvalue weighted by molar-refractivity contribution is 7.80. The molecule has 1 saturated heterocycles. The molecule has 0 saturated carbocycles. The van der Waals surface area contributed by atoms with Crippen LogP contribution < -0.4 is 10.6 Å². The molecular formula is C15H17N3O4S2. The Hall–Kier alpha value is -2.26. The van der Waals surface area contributed by atoms with Crippen molar-refractivity contribution in [3.8, 4) is 0 Å². The van der Waals surface area contributed by atoms with Crippen LogP contribution in [0.15, 0.2) is 23.6 Å². The van der Waals surface area contributed by atoms with Crippen molar-refractivity contribution in [3.05, 3.63) is 28.5 Å². The summed E-state index contributed by atoms with van der Waals surface area (Å²) < 4.78 is 4.60. The Balaban J connectivity index is 1.98. The van der Waals surface area contributed by atoms with Gasteiger partial charge < -0.3 is 15.0 Å². The lowest BCUT2D eigenvalue weighted by atomic mass is 10.1. The van der Waals surface area contributed by atoms with Gasteiger partial charge in [0, 0.05) is 24.0 Å². The fraction of sp³-hybridized carbons (Fsp3) is 0.333. The number of nitrogens with one attached hydrogen (secondary N) is 2. The third-order valence-electron chi connectivity index (χ3n) is 3.35. The van der Waals surface area contributed by atoms with Crippen molar-refractivity contribution < 1.29 is 19.1 Å². The number of hydrogen-bond donors (Lipinski definition) is 2. The first-order valence-electron chi connectivity index (χ1n) is 7.19. The average Bonchev–Trinajstić information content (AvgIpc) is 3.08. The lowest BCUT2D eigenvalue weighted by Crippen LogP contribution is -2.60. The maximum absolute atomic E-state index is 12.0. The van der Waals surface area contributed by atoms with E-state index in [4.69, 9.17) is 12.2 Å². The van der Waals surface area contributed by atoms with E-state index in [0.717, 1.165) is 4.88 Å². The van der Waals surface area contributed by atoms with E-state index < -0.39 is 17.9 Å². The van der Waals surface area contributed by atoms with E-state index in [0.29, 0.717) is 13.1 Å². The van der Waals surface area contributed by atoms with Gasteiger partial charge in [0.25, 0.3) is 0 Å². The maximum Gasteiger partial charge on any atom is 0.308 e. The van der Waals surface area contributed by atoms with E-state index in [1.165, 1.54) is 29.4 Å². The molecule has 0 aromatic carbocycles. The summed E-state index contributed by atoms with van der Waals surface area (Å²) in [7, 11) is 1.25. The summed E-state index contributed by atoms with van der Waals surface area (Å²) in [5, 5.41) is 7.25. The molecule has 2 rings (SSSR count). The fourth-order valence-electron chi connectivity index (χ4n) is 2.16. The molecule has 0 radical (unpaired) electrons. The van der Waals surface area contributed by atoms with Crippen molar-refractivity contribution in [2.75, 3.05) is 20.2 Å². The number of piperazine rings is 1. The molecule has 0 spiro atoms. The molecule has 1 aliphatic heterocycles. The molecule has 9 heteroatoms. The van der Waals surface area contributed by atoms with E-state index >= 15 is 0 Å². The van der Waals surface area contributed by atoms with Gasteiger partial charge in [-0.15, -0.1) is 11.3 Å². The number of carbonyl (C=O) groups excluding carboxylic acids is 3. The second-order valence-electron chi connectivity index (χ2n) is 4.92. The van der Waals surface area contributed by atoms with Crippen molar-refractivity contribution in [1.82, 2.24) is 15.5 Å². The zero-order chi connectivity index (χ0) is 17.5. The first-order chi connectivity index (χ1) is 11.5. The van der Waals surface area contributed by atoms with Crippen LogP contribution in [0.5, 0.6) is 0 Å². The van der Waals surface area contributed by atoms with Crippen LogP contribution in [0.3, 0.4) is 0 Å². The summed E-state index contributed by atoms with van der Waals surface area (Å²) in [5.74, 6) is -1.23. The van der Waals surface area contributed by atoms with Gasteiger partial charge in [0.2, 0.25) is 11.8 Å². The Morgan fingerprint density at radius 2 is 2.38 bits per heavy atom. The Bertz CT molecular complexity index is 658. The van der Waals surface area contributed by atoms with Gasteiger partial charge in [-0.1, -0.05) is 6.07 Å². The highest BCUT2D eigenvalue weighted by Crippen LogP contribution is 2.11. The van der Waals surface area contributed by atoms with Crippen molar-refractivity contribution in [1.29, 1.82) is 0 Å².